The molecule has 2 aromatic carbocycles. The molecule has 5 aromatic rings. The van der Waals surface area contributed by atoms with E-state index in [-0.39, 0.29) is 5.91 Å². The highest BCUT2D eigenvalue weighted by Crippen LogP contribution is 2.29. The van der Waals surface area contributed by atoms with Crippen LogP contribution in [-0.4, -0.2) is 20.7 Å². The molecule has 3 aromatic heterocycles. The van der Waals surface area contributed by atoms with Crippen LogP contribution >= 0.6 is 11.3 Å². The number of nitrogens with zero attached hydrogens (tertiary/aromatic N) is 3. The largest absolute Gasteiger partial charge is 0.441 e. The lowest BCUT2D eigenvalue weighted by Gasteiger charge is -2.04. The molecule has 5 rings (SSSR count). The highest BCUT2D eigenvalue weighted by atomic mass is 32.1. The average molecular weight is 400 g/mol. The van der Waals surface area contributed by atoms with Gasteiger partial charge in [0.25, 0.3) is 5.91 Å². The van der Waals surface area contributed by atoms with Gasteiger partial charge in [-0.1, -0.05) is 24.3 Å². The number of carbonyl (C=O) groups is 1. The summed E-state index contributed by atoms with van der Waals surface area (Å²) in [6.45, 7) is 1.80. The minimum Gasteiger partial charge on any atom is -0.441 e. The fourth-order valence-electron chi connectivity index (χ4n) is 3.17. The normalized spacial score (nSPS) is 11.1. The topological polar surface area (TPSA) is 73.0 Å². The number of nitrogens with one attached hydrogen (secondary N) is 1. The fraction of sp³-hybridized carbons (Fsp3) is 0.0455. The molecule has 0 aliphatic rings. The predicted molar refractivity (Wildman–Crippen MR) is 114 cm³/mol. The molecule has 0 saturated carbocycles. The van der Waals surface area contributed by atoms with E-state index in [1.165, 1.54) is 0 Å². The summed E-state index contributed by atoms with van der Waals surface area (Å²) in [5, 5.41) is 9.61. The van der Waals surface area contributed by atoms with Gasteiger partial charge in [-0.2, -0.15) is 5.10 Å². The van der Waals surface area contributed by atoms with Crippen molar-refractivity contribution in [3.63, 3.8) is 0 Å². The third-order valence-electron chi connectivity index (χ3n) is 4.49. The van der Waals surface area contributed by atoms with Crippen molar-refractivity contribution in [2.75, 3.05) is 5.32 Å². The van der Waals surface area contributed by atoms with Crippen molar-refractivity contribution in [1.82, 2.24) is 14.8 Å². The summed E-state index contributed by atoms with van der Waals surface area (Å²) in [5.41, 5.74) is 4.10. The first-order valence-electron chi connectivity index (χ1n) is 9.05. The molecule has 3 heterocycles. The van der Waals surface area contributed by atoms with Crippen LogP contribution in [0.25, 0.3) is 27.4 Å². The maximum Gasteiger partial charge on any atom is 0.259 e. The standard InChI is InChI=1S/C22H16N4O2S/c1-14-23-18-12-15(9-10-19(18)28-14)24-22(27)17-13-26(16-6-3-2-4-7-16)25-21(17)20-8-5-11-29-20/h2-13H,1H3,(H,24,27). The van der Waals surface area contributed by atoms with Gasteiger partial charge in [0, 0.05) is 18.8 Å². The van der Waals surface area contributed by atoms with Crippen molar-refractivity contribution in [1.29, 1.82) is 0 Å². The van der Waals surface area contributed by atoms with Crippen LogP contribution < -0.4 is 5.32 Å². The van der Waals surface area contributed by atoms with E-state index < -0.39 is 0 Å². The number of aryl methyl sites for hydroxylation is 1. The number of oxazole rings is 1. The molecule has 0 aliphatic heterocycles. The number of fused-ring (bicyclic) bond motifs is 1. The number of hydrogen-bond acceptors (Lipinski definition) is 5. The van der Waals surface area contributed by atoms with Crippen LogP contribution in [0.2, 0.25) is 0 Å². The zero-order chi connectivity index (χ0) is 19.8. The smallest absolute Gasteiger partial charge is 0.259 e. The monoisotopic (exact) mass is 400 g/mol. The second-order valence-corrected chi connectivity index (χ2v) is 7.47. The first kappa shape index (κ1) is 17.4. The van der Waals surface area contributed by atoms with Gasteiger partial charge in [0.1, 0.15) is 11.2 Å². The molecule has 0 aliphatic carbocycles. The van der Waals surface area contributed by atoms with E-state index in [4.69, 9.17) is 4.42 Å². The SMILES string of the molecule is Cc1nc2cc(NC(=O)c3cn(-c4ccccc4)nc3-c3cccs3)ccc2o1. The number of aromatic nitrogens is 3. The van der Waals surface area contributed by atoms with Crippen molar-refractivity contribution in [2.24, 2.45) is 0 Å². The average Bonchev–Trinajstić information content (AvgIpc) is 3.46. The number of thiophene rings is 1. The van der Waals surface area contributed by atoms with E-state index in [2.05, 4.69) is 15.4 Å². The Bertz CT molecular complexity index is 1300. The molecule has 142 valence electrons. The third kappa shape index (κ3) is 3.32. The maximum absolute atomic E-state index is 13.1. The van der Waals surface area contributed by atoms with Gasteiger partial charge in [-0.25, -0.2) is 9.67 Å². The van der Waals surface area contributed by atoms with E-state index in [9.17, 15) is 4.79 Å². The summed E-state index contributed by atoms with van der Waals surface area (Å²) in [5.74, 6) is 0.364. The Balaban J connectivity index is 1.52. The van der Waals surface area contributed by atoms with Gasteiger partial charge in [0.15, 0.2) is 11.5 Å². The summed E-state index contributed by atoms with van der Waals surface area (Å²) >= 11 is 1.55. The number of amides is 1. The van der Waals surface area contributed by atoms with Gasteiger partial charge in [-0.3, -0.25) is 4.79 Å². The lowest BCUT2D eigenvalue weighted by atomic mass is 10.2. The van der Waals surface area contributed by atoms with Crippen LogP contribution in [0.3, 0.4) is 0 Å². The fourth-order valence-corrected chi connectivity index (χ4v) is 3.89. The van der Waals surface area contributed by atoms with Crippen LogP contribution in [0.1, 0.15) is 16.2 Å². The number of anilines is 1. The molecular weight excluding hydrogens is 384 g/mol. The van der Waals surface area contributed by atoms with E-state index in [0.717, 1.165) is 10.6 Å². The van der Waals surface area contributed by atoms with E-state index >= 15 is 0 Å². The highest BCUT2D eigenvalue weighted by molar-refractivity contribution is 7.13. The van der Waals surface area contributed by atoms with E-state index in [0.29, 0.717) is 33.9 Å². The summed E-state index contributed by atoms with van der Waals surface area (Å²) in [7, 11) is 0. The Labute approximate surface area is 170 Å². The highest BCUT2D eigenvalue weighted by Gasteiger charge is 2.20. The molecule has 6 nitrogen and oxygen atoms in total. The maximum atomic E-state index is 13.1. The van der Waals surface area contributed by atoms with E-state index in [1.54, 1.807) is 47.3 Å². The lowest BCUT2D eigenvalue weighted by molar-refractivity contribution is 0.102. The Morgan fingerprint density at radius 2 is 1.97 bits per heavy atom. The van der Waals surface area contributed by atoms with Crippen molar-refractivity contribution >= 4 is 34.0 Å². The minimum absolute atomic E-state index is 0.227. The molecule has 1 N–H and O–H groups in total. The van der Waals surface area contributed by atoms with Crippen molar-refractivity contribution < 1.29 is 9.21 Å². The Morgan fingerprint density at radius 3 is 2.76 bits per heavy atom. The molecule has 1 amide bonds. The molecule has 0 fully saturated rings. The number of carbonyl (C=O) groups excluding carboxylic acids is 1. The second-order valence-electron chi connectivity index (χ2n) is 6.52. The molecule has 0 spiro atoms. The molecular formula is C22H16N4O2S. The van der Waals surface area contributed by atoms with Crippen LogP contribution in [0.15, 0.2) is 76.7 Å². The van der Waals surface area contributed by atoms with Gasteiger partial charge in [-0.15, -0.1) is 11.3 Å². The number of rotatable bonds is 4. The quantitative estimate of drug-likeness (QED) is 0.444. The van der Waals surface area contributed by atoms with Crippen molar-refractivity contribution in [3.05, 3.63) is 83.7 Å². The Morgan fingerprint density at radius 1 is 1.10 bits per heavy atom. The molecule has 0 unspecified atom stereocenters. The lowest BCUT2D eigenvalue weighted by Crippen LogP contribution is -2.12. The second kappa shape index (κ2) is 7.03. The van der Waals surface area contributed by atoms with Crippen LogP contribution in [-0.2, 0) is 0 Å². The Hall–Kier alpha value is -3.71. The molecule has 0 atom stereocenters. The molecule has 29 heavy (non-hydrogen) atoms. The van der Waals surface area contributed by atoms with Gasteiger partial charge < -0.3 is 9.73 Å². The molecule has 0 saturated heterocycles. The van der Waals surface area contributed by atoms with Gasteiger partial charge in [0.2, 0.25) is 0 Å². The zero-order valence-corrected chi connectivity index (χ0v) is 16.3. The predicted octanol–water partition coefficient (Wildman–Crippen LogP) is 5.30. The number of benzene rings is 2. The minimum atomic E-state index is -0.227. The summed E-state index contributed by atoms with van der Waals surface area (Å²) in [6, 6.07) is 19.1. The van der Waals surface area contributed by atoms with Gasteiger partial charge in [-0.05, 0) is 41.8 Å². The third-order valence-corrected chi connectivity index (χ3v) is 5.36. The Kier molecular flexibility index (Phi) is 4.22. The molecule has 0 bridgehead atoms. The first-order valence-corrected chi connectivity index (χ1v) is 9.93. The summed E-state index contributed by atoms with van der Waals surface area (Å²) in [6.07, 6.45) is 1.76. The zero-order valence-electron chi connectivity index (χ0n) is 15.5. The van der Waals surface area contributed by atoms with E-state index in [1.807, 2.05) is 47.8 Å². The number of hydrogen-bond donors (Lipinski definition) is 1. The van der Waals surface area contributed by atoms with Crippen LogP contribution in [0.4, 0.5) is 5.69 Å². The van der Waals surface area contributed by atoms with Crippen molar-refractivity contribution in [3.8, 4) is 16.3 Å². The first-order chi connectivity index (χ1) is 14.2. The number of para-hydroxylation sites is 1. The molecule has 7 heteroatoms. The van der Waals surface area contributed by atoms with Crippen LogP contribution in [0, 0.1) is 6.92 Å². The van der Waals surface area contributed by atoms with Gasteiger partial charge >= 0.3 is 0 Å². The van der Waals surface area contributed by atoms with Crippen molar-refractivity contribution in [2.45, 2.75) is 6.92 Å². The summed E-state index contributed by atoms with van der Waals surface area (Å²) < 4.78 is 7.23. The van der Waals surface area contributed by atoms with Gasteiger partial charge in [0.05, 0.1) is 16.1 Å². The van der Waals surface area contributed by atoms with Crippen LogP contribution in [0.5, 0.6) is 0 Å². The summed E-state index contributed by atoms with van der Waals surface area (Å²) in [4.78, 5) is 18.4. The molecule has 0 radical (unpaired) electrons.